The number of likely N-dealkylation sites (tertiary alicyclic amines) is 1. The van der Waals surface area contributed by atoms with Crippen LogP contribution in [0.25, 0.3) is 0 Å². The Morgan fingerprint density at radius 3 is 2.57 bits per heavy atom. The van der Waals surface area contributed by atoms with Gasteiger partial charge in [0.15, 0.2) is 9.84 Å². The Hall–Kier alpha value is -0.820. The van der Waals surface area contributed by atoms with Crippen LogP contribution in [0, 0.1) is 0 Å². The minimum Gasteiger partial charge on any atom is -0.444 e. The van der Waals surface area contributed by atoms with Crippen LogP contribution in [0.3, 0.4) is 0 Å². The summed E-state index contributed by atoms with van der Waals surface area (Å²) in [7, 11) is -2.98. The first-order chi connectivity index (χ1) is 9.52. The molecule has 1 aliphatic heterocycles. The number of nitrogens with zero attached hydrogens (tertiary/aromatic N) is 1. The molecule has 0 aliphatic carbocycles. The van der Waals surface area contributed by atoms with Crippen molar-refractivity contribution in [3.63, 3.8) is 0 Å². The first-order valence-electron chi connectivity index (χ1n) is 7.47. The highest BCUT2D eigenvalue weighted by molar-refractivity contribution is 7.91. The van der Waals surface area contributed by atoms with E-state index in [9.17, 15) is 13.2 Å². The molecular formula is C14H28N2O4S. The predicted molar refractivity (Wildman–Crippen MR) is 83.1 cm³/mol. The van der Waals surface area contributed by atoms with Crippen LogP contribution in [-0.4, -0.2) is 61.7 Å². The Kier molecular flexibility index (Phi) is 6.04. The number of ether oxygens (including phenoxy) is 1. The predicted octanol–water partition coefficient (Wildman–Crippen LogP) is 1.41. The van der Waals surface area contributed by atoms with Gasteiger partial charge < -0.3 is 15.0 Å². The molecule has 0 radical (unpaired) electrons. The van der Waals surface area contributed by atoms with Crippen LogP contribution in [0.1, 0.15) is 41.0 Å². The summed E-state index contributed by atoms with van der Waals surface area (Å²) in [5, 5.41) is 3.29. The Morgan fingerprint density at radius 1 is 1.43 bits per heavy atom. The summed E-state index contributed by atoms with van der Waals surface area (Å²) in [5.41, 5.74) is -0.495. The van der Waals surface area contributed by atoms with Gasteiger partial charge in [0.2, 0.25) is 0 Å². The summed E-state index contributed by atoms with van der Waals surface area (Å²) in [6.45, 7) is 10.2. The minimum atomic E-state index is -2.98. The molecular weight excluding hydrogens is 292 g/mol. The fourth-order valence-corrected chi connectivity index (χ4v) is 3.43. The monoisotopic (exact) mass is 320 g/mol. The average molecular weight is 320 g/mol. The van der Waals surface area contributed by atoms with Gasteiger partial charge in [0.1, 0.15) is 5.60 Å². The molecule has 0 aromatic heterocycles. The average Bonchev–Trinajstić information content (AvgIpc) is 2.74. The number of carbonyl (C=O) groups is 1. The number of nitrogens with one attached hydrogen (secondary N) is 1. The highest BCUT2D eigenvalue weighted by Gasteiger charge is 2.30. The standard InChI is InChI=1S/C14H28N2O4S/c1-6-21(18,19)10-11(2)15-12-7-8-16(9-12)13(17)20-14(3,4)5/h11-12,15H,6-10H2,1-5H3. The molecule has 1 rings (SSSR count). The zero-order valence-electron chi connectivity index (χ0n) is 13.7. The van der Waals surface area contributed by atoms with Crippen LogP contribution in [-0.2, 0) is 14.6 Å². The smallest absolute Gasteiger partial charge is 0.410 e. The van der Waals surface area contributed by atoms with Crippen molar-refractivity contribution in [3.8, 4) is 0 Å². The molecule has 1 fully saturated rings. The minimum absolute atomic E-state index is 0.112. The van der Waals surface area contributed by atoms with Crippen LogP contribution in [0.2, 0.25) is 0 Å². The molecule has 1 heterocycles. The number of sulfone groups is 1. The molecule has 2 unspecified atom stereocenters. The lowest BCUT2D eigenvalue weighted by molar-refractivity contribution is 0.0290. The van der Waals surface area contributed by atoms with Gasteiger partial charge in [-0.15, -0.1) is 0 Å². The van der Waals surface area contributed by atoms with Crippen LogP contribution in [0.5, 0.6) is 0 Å². The molecule has 0 aromatic rings. The topological polar surface area (TPSA) is 75.7 Å². The van der Waals surface area contributed by atoms with E-state index in [1.807, 2.05) is 27.7 Å². The lowest BCUT2D eigenvalue weighted by Crippen LogP contribution is -2.43. The maximum absolute atomic E-state index is 11.9. The number of hydrogen-bond acceptors (Lipinski definition) is 5. The molecule has 1 aliphatic rings. The van der Waals surface area contributed by atoms with E-state index in [0.29, 0.717) is 13.1 Å². The lowest BCUT2D eigenvalue weighted by atomic mass is 10.2. The van der Waals surface area contributed by atoms with Crippen LogP contribution in [0.15, 0.2) is 0 Å². The Morgan fingerprint density at radius 2 is 2.05 bits per heavy atom. The normalized spacial score (nSPS) is 21.4. The molecule has 1 saturated heterocycles. The number of carbonyl (C=O) groups excluding carboxylic acids is 1. The van der Waals surface area contributed by atoms with Crippen molar-refractivity contribution in [2.75, 3.05) is 24.6 Å². The summed E-state index contributed by atoms with van der Waals surface area (Å²) in [6, 6.07) is 0.0121. The maximum Gasteiger partial charge on any atom is 0.410 e. The largest absolute Gasteiger partial charge is 0.444 e. The van der Waals surface area contributed by atoms with Gasteiger partial charge in [0, 0.05) is 30.9 Å². The summed E-state index contributed by atoms with van der Waals surface area (Å²) >= 11 is 0. The zero-order chi connectivity index (χ0) is 16.3. The van der Waals surface area contributed by atoms with Gasteiger partial charge >= 0.3 is 6.09 Å². The molecule has 1 amide bonds. The molecule has 21 heavy (non-hydrogen) atoms. The second kappa shape index (κ2) is 6.96. The molecule has 7 heteroatoms. The van der Waals surface area contributed by atoms with Gasteiger partial charge in [0.05, 0.1) is 5.75 Å². The molecule has 0 spiro atoms. The number of rotatable bonds is 5. The van der Waals surface area contributed by atoms with E-state index >= 15 is 0 Å². The van der Waals surface area contributed by atoms with E-state index in [0.717, 1.165) is 6.42 Å². The highest BCUT2D eigenvalue weighted by atomic mass is 32.2. The molecule has 6 nitrogen and oxygen atoms in total. The number of hydrogen-bond donors (Lipinski definition) is 1. The first kappa shape index (κ1) is 18.2. The Balaban J connectivity index is 2.43. The molecule has 1 N–H and O–H groups in total. The van der Waals surface area contributed by atoms with Gasteiger partial charge in [-0.2, -0.15) is 0 Å². The van der Waals surface area contributed by atoms with Gasteiger partial charge in [-0.05, 0) is 34.1 Å². The Bertz CT molecular complexity index is 456. The van der Waals surface area contributed by atoms with Crippen LogP contribution in [0.4, 0.5) is 4.79 Å². The van der Waals surface area contributed by atoms with Crippen molar-refractivity contribution >= 4 is 15.9 Å². The maximum atomic E-state index is 11.9. The molecule has 0 bridgehead atoms. The van der Waals surface area contributed by atoms with Gasteiger partial charge in [0.25, 0.3) is 0 Å². The van der Waals surface area contributed by atoms with Crippen molar-refractivity contribution in [2.45, 2.75) is 58.7 Å². The Labute approximate surface area is 128 Å². The number of amides is 1. The first-order valence-corrected chi connectivity index (χ1v) is 9.29. The van der Waals surface area contributed by atoms with Crippen molar-refractivity contribution in [3.05, 3.63) is 0 Å². The molecule has 124 valence electrons. The van der Waals surface area contributed by atoms with E-state index in [2.05, 4.69) is 5.32 Å². The van der Waals surface area contributed by atoms with Crippen LogP contribution >= 0.6 is 0 Å². The van der Waals surface area contributed by atoms with Crippen molar-refractivity contribution in [1.82, 2.24) is 10.2 Å². The molecule has 0 saturated carbocycles. The van der Waals surface area contributed by atoms with Crippen LogP contribution < -0.4 is 5.32 Å². The second-order valence-corrected chi connectivity index (χ2v) is 9.08. The zero-order valence-corrected chi connectivity index (χ0v) is 14.5. The summed E-state index contributed by atoms with van der Waals surface area (Å²) < 4.78 is 28.5. The third kappa shape index (κ3) is 6.65. The van der Waals surface area contributed by atoms with Crippen molar-refractivity contribution in [2.24, 2.45) is 0 Å². The van der Waals surface area contributed by atoms with E-state index in [-0.39, 0.29) is 29.7 Å². The van der Waals surface area contributed by atoms with Gasteiger partial charge in [-0.3, -0.25) is 0 Å². The summed E-state index contributed by atoms with van der Waals surface area (Å²) in [6.07, 6.45) is 0.510. The summed E-state index contributed by atoms with van der Waals surface area (Å²) in [4.78, 5) is 13.6. The SMILES string of the molecule is CCS(=O)(=O)CC(C)NC1CCN(C(=O)OC(C)(C)C)C1. The molecule has 2 atom stereocenters. The van der Waals surface area contributed by atoms with E-state index in [4.69, 9.17) is 4.74 Å². The summed E-state index contributed by atoms with van der Waals surface area (Å²) in [5.74, 6) is 0.292. The third-order valence-electron chi connectivity index (χ3n) is 3.30. The van der Waals surface area contributed by atoms with E-state index in [1.165, 1.54) is 0 Å². The van der Waals surface area contributed by atoms with Crippen molar-refractivity contribution < 1.29 is 17.9 Å². The van der Waals surface area contributed by atoms with Gasteiger partial charge in [-0.1, -0.05) is 6.92 Å². The van der Waals surface area contributed by atoms with E-state index in [1.54, 1.807) is 11.8 Å². The third-order valence-corrected chi connectivity index (χ3v) is 5.19. The fourth-order valence-electron chi connectivity index (χ4n) is 2.34. The fraction of sp³-hybridized carbons (Fsp3) is 0.929. The highest BCUT2D eigenvalue weighted by Crippen LogP contribution is 2.15. The lowest BCUT2D eigenvalue weighted by Gasteiger charge is -2.25. The quantitative estimate of drug-likeness (QED) is 0.829. The molecule has 0 aromatic carbocycles. The van der Waals surface area contributed by atoms with E-state index < -0.39 is 15.4 Å². The second-order valence-electron chi connectivity index (χ2n) is 6.68. The van der Waals surface area contributed by atoms with Gasteiger partial charge in [-0.25, -0.2) is 13.2 Å². The van der Waals surface area contributed by atoms with Crippen molar-refractivity contribution in [1.29, 1.82) is 0 Å².